The van der Waals surface area contributed by atoms with Crippen molar-refractivity contribution in [1.29, 1.82) is 0 Å². The molecule has 1 N–H and O–H groups in total. The minimum absolute atomic E-state index is 0.636. The fourth-order valence-electron chi connectivity index (χ4n) is 2.00. The van der Waals surface area contributed by atoms with Crippen molar-refractivity contribution < 1.29 is 4.74 Å². The molecule has 0 amide bonds. The molecule has 1 fully saturated rings. The lowest BCUT2D eigenvalue weighted by Crippen LogP contribution is -2.30. The fraction of sp³-hybridized carbons (Fsp3) is 0.583. The molecule has 1 aromatic rings. The van der Waals surface area contributed by atoms with E-state index in [0.29, 0.717) is 23.6 Å². The monoisotopic (exact) mass is 240 g/mol. The number of aromatic nitrogens is 1. The highest BCUT2D eigenvalue weighted by Gasteiger charge is 2.13. The normalized spacial score (nSPS) is 16.6. The third-order valence-corrected chi connectivity index (χ3v) is 3.06. The molecule has 3 nitrogen and oxygen atoms in total. The number of hydrogen-bond acceptors (Lipinski definition) is 3. The summed E-state index contributed by atoms with van der Waals surface area (Å²) in [6.45, 7) is 1.54. The van der Waals surface area contributed by atoms with Gasteiger partial charge in [0, 0.05) is 24.8 Å². The average molecular weight is 241 g/mol. The summed E-state index contributed by atoms with van der Waals surface area (Å²) in [5.74, 6) is 0.637. The maximum Gasteiger partial charge on any atom is 0.213 e. The SMILES string of the molecule is Clc1ccc(OCCNC2CCCC2)nc1. The topological polar surface area (TPSA) is 34.1 Å². The van der Waals surface area contributed by atoms with Gasteiger partial charge in [-0.2, -0.15) is 0 Å². The Morgan fingerprint density at radius 1 is 1.38 bits per heavy atom. The van der Waals surface area contributed by atoms with E-state index in [2.05, 4.69) is 10.3 Å². The van der Waals surface area contributed by atoms with Gasteiger partial charge in [-0.1, -0.05) is 24.4 Å². The van der Waals surface area contributed by atoms with Gasteiger partial charge >= 0.3 is 0 Å². The highest BCUT2D eigenvalue weighted by atomic mass is 35.5. The number of ether oxygens (including phenoxy) is 1. The lowest BCUT2D eigenvalue weighted by molar-refractivity contribution is 0.294. The number of nitrogens with zero attached hydrogens (tertiary/aromatic N) is 1. The van der Waals surface area contributed by atoms with Crippen molar-refractivity contribution in [3.05, 3.63) is 23.4 Å². The molecule has 0 atom stereocenters. The molecule has 0 unspecified atom stereocenters. The Hall–Kier alpha value is -0.800. The Balaban J connectivity index is 1.62. The van der Waals surface area contributed by atoms with Gasteiger partial charge in [0.2, 0.25) is 5.88 Å². The van der Waals surface area contributed by atoms with Gasteiger partial charge in [-0.05, 0) is 18.9 Å². The van der Waals surface area contributed by atoms with Crippen LogP contribution in [0.15, 0.2) is 18.3 Å². The molecular formula is C12H17ClN2O. The standard InChI is InChI=1S/C12H17ClN2O/c13-10-5-6-12(15-9-10)16-8-7-14-11-3-1-2-4-11/h5-6,9,11,14H,1-4,7-8H2. The molecule has 1 saturated carbocycles. The first-order chi connectivity index (χ1) is 7.84. The third kappa shape index (κ3) is 3.65. The zero-order valence-corrected chi connectivity index (χ0v) is 10.0. The molecule has 1 heterocycles. The van der Waals surface area contributed by atoms with Crippen LogP contribution in [0, 0.1) is 0 Å². The van der Waals surface area contributed by atoms with E-state index >= 15 is 0 Å². The Labute approximate surface area is 101 Å². The van der Waals surface area contributed by atoms with Crippen LogP contribution in [0.25, 0.3) is 0 Å². The molecule has 1 aliphatic carbocycles. The summed E-state index contributed by atoms with van der Waals surface area (Å²) in [6.07, 6.45) is 6.92. The second-order valence-electron chi connectivity index (χ2n) is 4.10. The number of rotatable bonds is 5. The smallest absolute Gasteiger partial charge is 0.213 e. The highest BCUT2D eigenvalue weighted by Crippen LogP contribution is 2.17. The molecule has 1 aromatic heterocycles. The van der Waals surface area contributed by atoms with Gasteiger partial charge in [0.25, 0.3) is 0 Å². The van der Waals surface area contributed by atoms with Crippen molar-refractivity contribution in [2.24, 2.45) is 0 Å². The van der Waals surface area contributed by atoms with E-state index in [1.807, 2.05) is 0 Å². The first-order valence-corrected chi connectivity index (χ1v) is 6.20. The molecule has 16 heavy (non-hydrogen) atoms. The van der Waals surface area contributed by atoms with Crippen molar-refractivity contribution in [3.8, 4) is 5.88 Å². The summed E-state index contributed by atoms with van der Waals surface area (Å²) < 4.78 is 5.49. The summed E-state index contributed by atoms with van der Waals surface area (Å²) in [5.41, 5.74) is 0. The number of hydrogen-bond donors (Lipinski definition) is 1. The Morgan fingerprint density at radius 3 is 2.88 bits per heavy atom. The van der Waals surface area contributed by atoms with Crippen LogP contribution in [0.5, 0.6) is 5.88 Å². The Morgan fingerprint density at radius 2 is 2.19 bits per heavy atom. The van der Waals surface area contributed by atoms with Crippen LogP contribution in [0.1, 0.15) is 25.7 Å². The molecule has 0 radical (unpaired) electrons. The van der Waals surface area contributed by atoms with Gasteiger partial charge in [-0.15, -0.1) is 0 Å². The maximum atomic E-state index is 5.73. The van der Waals surface area contributed by atoms with Crippen LogP contribution >= 0.6 is 11.6 Å². The van der Waals surface area contributed by atoms with Gasteiger partial charge in [-0.3, -0.25) is 0 Å². The minimum Gasteiger partial charge on any atom is -0.476 e. The third-order valence-electron chi connectivity index (χ3n) is 2.84. The quantitative estimate of drug-likeness (QED) is 0.804. The second kappa shape index (κ2) is 6.06. The summed E-state index contributed by atoms with van der Waals surface area (Å²) in [6, 6.07) is 4.27. The first kappa shape index (κ1) is 11.7. The van der Waals surface area contributed by atoms with E-state index in [0.717, 1.165) is 6.54 Å². The van der Waals surface area contributed by atoms with E-state index in [9.17, 15) is 0 Å². The van der Waals surface area contributed by atoms with Crippen molar-refractivity contribution in [3.63, 3.8) is 0 Å². The first-order valence-electron chi connectivity index (χ1n) is 5.82. The molecule has 1 aliphatic rings. The second-order valence-corrected chi connectivity index (χ2v) is 4.54. The van der Waals surface area contributed by atoms with Crippen LogP contribution in [0.3, 0.4) is 0 Å². The van der Waals surface area contributed by atoms with Crippen LogP contribution in [0.2, 0.25) is 5.02 Å². The van der Waals surface area contributed by atoms with E-state index in [1.54, 1.807) is 18.3 Å². The van der Waals surface area contributed by atoms with Gasteiger partial charge in [-0.25, -0.2) is 4.98 Å². The van der Waals surface area contributed by atoms with Crippen LogP contribution in [-0.4, -0.2) is 24.2 Å². The van der Waals surface area contributed by atoms with Crippen molar-refractivity contribution >= 4 is 11.6 Å². The molecule has 0 aliphatic heterocycles. The molecule has 0 bridgehead atoms. The van der Waals surface area contributed by atoms with Crippen LogP contribution in [-0.2, 0) is 0 Å². The molecule has 2 rings (SSSR count). The zero-order chi connectivity index (χ0) is 11.2. The summed E-state index contributed by atoms with van der Waals surface area (Å²) >= 11 is 5.73. The molecule has 0 saturated heterocycles. The maximum absolute atomic E-state index is 5.73. The van der Waals surface area contributed by atoms with Gasteiger partial charge < -0.3 is 10.1 Å². The van der Waals surface area contributed by atoms with Gasteiger partial charge in [0.05, 0.1) is 5.02 Å². The molecule has 4 heteroatoms. The van der Waals surface area contributed by atoms with Gasteiger partial charge in [0.15, 0.2) is 0 Å². The fourth-order valence-corrected chi connectivity index (χ4v) is 2.11. The van der Waals surface area contributed by atoms with Gasteiger partial charge in [0.1, 0.15) is 6.61 Å². The largest absolute Gasteiger partial charge is 0.476 e. The van der Waals surface area contributed by atoms with Crippen molar-refractivity contribution in [2.75, 3.05) is 13.2 Å². The Bertz CT molecular complexity index is 309. The molecule has 0 aromatic carbocycles. The summed E-state index contributed by atoms with van der Waals surface area (Å²) in [5, 5.41) is 4.12. The minimum atomic E-state index is 0.636. The molecule has 0 spiro atoms. The predicted octanol–water partition coefficient (Wildman–Crippen LogP) is 2.65. The van der Waals surface area contributed by atoms with E-state index < -0.39 is 0 Å². The van der Waals surface area contributed by atoms with Crippen molar-refractivity contribution in [2.45, 2.75) is 31.7 Å². The lowest BCUT2D eigenvalue weighted by Gasteiger charge is -2.11. The molecule has 88 valence electrons. The molecular weight excluding hydrogens is 224 g/mol. The van der Waals surface area contributed by atoms with E-state index in [1.165, 1.54) is 25.7 Å². The van der Waals surface area contributed by atoms with E-state index in [-0.39, 0.29) is 0 Å². The number of halogens is 1. The number of pyridine rings is 1. The van der Waals surface area contributed by atoms with Crippen molar-refractivity contribution in [1.82, 2.24) is 10.3 Å². The Kier molecular flexibility index (Phi) is 4.43. The van der Waals surface area contributed by atoms with E-state index in [4.69, 9.17) is 16.3 Å². The summed E-state index contributed by atoms with van der Waals surface area (Å²) in [4.78, 5) is 4.07. The predicted molar refractivity (Wildman–Crippen MR) is 65.0 cm³/mol. The van der Waals surface area contributed by atoms with Crippen LogP contribution in [0.4, 0.5) is 0 Å². The average Bonchev–Trinajstić information content (AvgIpc) is 2.80. The summed E-state index contributed by atoms with van der Waals surface area (Å²) in [7, 11) is 0. The van der Waals surface area contributed by atoms with Crippen LogP contribution < -0.4 is 10.1 Å². The highest BCUT2D eigenvalue weighted by molar-refractivity contribution is 6.30. The lowest BCUT2D eigenvalue weighted by atomic mass is 10.2. The zero-order valence-electron chi connectivity index (χ0n) is 9.29. The number of nitrogens with one attached hydrogen (secondary N) is 1.